The second kappa shape index (κ2) is 73.3. The first kappa shape index (κ1) is 119. The summed E-state index contributed by atoms with van der Waals surface area (Å²) in [4.78, 5) is 76.4. The van der Waals surface area contributed by atoms with Crippen molar-refractivity contribution in [2.75, 3.05) is 133 Å². The molecule has 5 fully saturated rings. The van der Waals surface area contributed by atoms with Crippen molar-refractivity contribution in [1.82, 2.24) is 20.9 Å². The molecule has 0 saturated carbocycles. The Labute approximate surface area is 766 Å². The molecule has 5 aliphatic rings. The van der Waals surface area contributed by atoms with Crippen LogP contribution in [0, 0.1) is 0 Å². The molecule has 37 nitrogen and oxygen atoms in total. The van der Waals surface area contributed by atoms with Crippen molar-refractivity contribution in [3.8, 4) is 0 Å². The molecule has 5 aliphatic heterocycles. The minimum atomic E-state index is -1.67. The summed E-state index contributed by atoms with van der Waals surface area (Å²) < 4.78 is 89.5. The van der Waals surface area contributed by atoms with Crippen molar-refractivity contribution in [2.45, 2.75) is 310 Å². The molecule has 9 unspecified atom stereocenters. The van der Waals surface area contributed by atoms with E-state index in [1.54, 1.807) is 0 Å². The van der Waals surface area contributed by atoms with Gasteiger partial charge < -0.3 is 148 Å². The molecule has 0 aromatic heterocycles. The lowest BCUT2D eigenvalue weighted by Gasteiger charge is -2.48. The van der Waals surface area contributed by atoms with E-state index in [1.165, 1.54) is 54.1 Å². The fourth-order valence-electron chi connectivity index (χ4n) is 13.9. The number of rotatable bonds is 65. The number of nitrogens with one attached hydrogen (secondary N) is 3. The second-order valence-electron chi connectivity index (χ2n) is 30.6. The van der Waals surface area contributed by atoms with Gasteiger partial charge in [0.2, 0.25) is 17.7 Å². The lowest BCUT2D eigenvalue weighted by Crippen LogP contribution is -2.66. The lowest BCUT2D eigenvalue weighted by molar-refractivity contribution is -0.365. The van der Waals surface area contributed by atoms with Crippen molar-refractivity contribution in [3.05, 3.63) is 97.2 Å². The van der Waals surface area contributed by atoms with Gasteiger partial charge in [-0.2, -0.15) is 0 Å². The Morgan fingerprint density at radius 2 is 0.946 bits per heavy atom. The van der Waals surface area contributed by atoms with E-state index >= 15 is 0 Å². The first-order valence-electron chi connectivity index (χ1n) is 44.6. The largest absolute Gasteiger partial charge is 0.480 e. The molecular formula is C91H156N4O33S. The third-order valence-corrected chi connectivity index (χ3v) is 22.1. The van der Waals surface area contributed by atoms with E-state index in [2.05, 4.69) is 109 Å². The molecule has 0 aromatic carbocycles. The lowest BCUT2D eigenvalue weighted by atomic mass is 9.96. The zero-order chi connectivity index (χ0) is 92.8. The molecule has 744 valence electrons. The van der Waals surface area contributed by atoms with Crippen LogP contribution < -0.4 is 16.0 Å². The summed E-state index contributed by atoms with van der Waals surface area (Å²) in [5.74, 6) is -2.62. The van der Waals surface area contributed by atoms with E-state index in [1.807, 2.05) is 18.2 Å². The summed E-state index contributed by atoms with van der Waals surface area (Å²) >= 11 is 1.01. The zero-order valence-electron chi connectivity index (χ0n) is 74.8. The van der Waals surface area contributed by atoms with Gasteiger partial charge in [0.05, 0.1) is 77.9 Å². The highest BCUT2D eigenvalue weighted by Crippen LogP contribution is 2.35. The van der Waals surface area contributed by atoms with Crippen molar-refractivity contribution >= 4 is 47.6 Å². The van der Waals surface area contributed by atoms with Gasteiger partial charge in [0, 0.05) is 66.7 Å². The van der Waals surface area contributed by atoms with Crippen LogP contribution in [0.15, 0.2) is 97.2 Å². The highest BCUT2D eigenvalue weighted by Gasteiger charge is 2.54. The molecule has 0 spiro atoms. The standard InChI is InChI=1S/C49H75N3O17S.C40H73NO16.2CH4/c1-4-5-6-7-8-9-10-11-12-13-14-15-16-17-18-19-20-21-23-26-37(53)51-33(46(61)62)32-70-36-29-38(54)52(45(36)60)28-25-22-24-27-50-49(63)69-44-40(56)35(67-47(65-3)43(44)59)31-66-48-42(58)41(57)39(55)34(68-48)30-64-2;1-4-5-6-7-8-9-10-11-12-13-14-15-16-17-18-19-41-40(47)54-27-26-51-29-31-35(37(53-25-22-44)32(45)38(49-3)55-31)57-39-33(46)36(52-24-21-43)34(48-2)30(56-39)28-50-23-20-42;;/h5-6,8-9,11-12,14-15,17-18,20-21,33-36,39-44,47-48,55-59H,4,7,10,13,16,19,22-32H2,1-3H3,(H,50,63)(H,51,53)(H,61,62);8-9,11-12,30-39,42-46H,4-7,10,13-29H2,1-3H3,(H,41,47);2*1H4/b6-5-,9-8-,12-11-,15-14-,18-17-,21-20-;9-8-,12-11-;;/t33-,34?,35?,36?,39-,40-,41+,42?,43?,44+,47+,48+;30?,31?,32?,33?,34-,35-,36-,37-,38+,39-;;/m11../s1. The van der Waals surface area contributed by atoms with Crippen LogP contribution in [-0.2, 0) is 95.0 Å². The number of imide groups is 1. The number of likely N-dealkylation sites (tertiary alicyclic amines) is 1. The minimum absolute atomic E-state index is 0. The summed E-state index contributed by atoms with van der Waals surface area (Å²) in [6.45, 7) is 3.07. The van der Waals surface area contributed by atoms with Crippen LogP contribution in [0.4, 0.5) is 9.59 Å². The van der Waals surface area contributed by atoms with Crippen LogP contribution in [0.3, 0.4) is 0 Å². The van der Waals surface area contributed by atoms with Crippen LogP contribution in [0.2, 0.25) is 0 Å². The van der Waals surface area contributed by atoms with Gasteiger partial charge in [-0.05, 0) is 103 Å². The third kappa shape index (κ3) is 46.6. The summed E-state index contributed by atoms with van der Waals surface area (Å²) in [7, 11) is 5.32. The van der Waals surface area contributed by atoms with E-state index in [0.717, 1.165) is 93.7 Å². The Kier molecular flexibility index (Phi) is 67.6. The smallest absolute Gasteiger partial charge is 0.407 e. The number of ether oxygens (including phenoxy) is 16. The van der Waals surface area contributed by atoms with E-state index in [-0.39, 0.29) is 119 Å². The Bertz CT molecular complexity index is 3210. The van der Waals surface area contributed by atoms with Gasteiger partial charge in [-0.15, -0.1) is 11.8 Å². The van der Waals surface area contributed by atoms with Gasteiger partial charge >= 0.3 is 18.2 Å². The van der Waals surface area contributed by atoms with Crippen molar-refractivity contribution in [2.24, 2.45) is 0 Å². The number of amides is 5. The maximum absolute atomic E-state index is 13.1. The van der Waals surface area contributed by atoms with Crippen LogP contribution in [0.5, 0.6) is 0 Å². The number of aliphatic hydroxyl groups excluding tert-OH is 10. The number of hydrogen-bond acceptors (Lipinski definition) is 33. The molecule has 22 atom stereocenters. The molecular weight excluding hydrogens is 1710 g/mol. The van der Waals surface area contributed by atoms with Crippen LogP contribution in [-0.4, -0.2) is 364 Å². The summed E-state index contributed by atoms with van der Waals surface area (Å²) in [5.41, 5.74) is 0. The SMILES string of the molecule is C.C.CC/C=C\C/C=C\C/C=C\C/C=C\C/C=C\C/C=C\CCC(=O)N[C@H](CSC1CC(=O)N(CCCCCNC(=O)O[C@@H]2C(O)[C@@H](OC)OC(CO[C@H]3OC(COC)[C@@H](O)[C@H](O)C3O)[C@H]2O)C1=O)C(=O)O.CCCCC/C=C\C/C=C\CCCCCCCNC(=O)OCCOCC1O[C@H](OC)C(O)[C@@H](OCCO)[C@@H]1O[C@H]1OC(COCCO)[C@@H](OC)[C@H](OCCO)C1O. The number of thioether (sulfide) groups is 1. The van der Waals surface area contributed by atoms with Crippen LogP contribution in [0.25, 0.3) is 0 Å². The number of carboxylic acid groups (broad SMARTS) is 1. The maximum atomic E-state index is 13.1. The fourth-order valence-corrected chi connectivity index (χ4v) is 15.1. The maximum Gasteiger partial charge on any atom is 0.407 e. The number of carbonyl (C=O) groups is 6. The molecule has 5 heterocycles. The number of aliphatic carboxylic acids is 1. The summed E-state index contributed by atoms with van der Waals surface area (Å²) in [6, 6.07) is -1.24. The number of unbranched alkanes of at least 4 members (excludes halogenated alkanes) is 10. The first-order chi connectivity index (χ1) is 61.6. The molecule has 5 rings (SSSR count). The van der Waals surface area contributed by atoms with Gasteiger partial charge in [-0.1, -0.05) is 158 Å². The molecule has 0 aliphatic carbocycles. The Balaban J connectivity index is 0.000000878. The highest BCUT2D eigenvalue weighted by molar-refractivity contribution is 8.00. The summed E-state index contributed by atoms with van der Waals surface area (Å²) in [5, 5.41) is 120. The molecule has 129 heavy (non-hydrogen) atoms. The average molecular weight is 1870 g/mol. The second-order valence-corrected chi connectivity index (χ2v) is 31.9. The van der Waals surface area contributed by atoms with Crippen molar-refractivity contribution < 1.29 is 161 Å². The molecule has 5 saturated heterocycles. The van der Waals surface area contributed by atoms with Gasteiger partial charge in [0.1, 0.15) is 104 Å². The molecule has 5 amide bonds. The van der Waals surface area contributed by atoms with Crippen molar-refractivity contribution in [1.29, 1.82) is 0 Å². The number of methoxy groups -OCH3 is 4. The van der Waals surface area contributed by atoms with Crippen LogP contribution >= 0.6 is 11.8 Å². The Hall–Kier alpha value is -6.07. The molecule has 0 bridgehead atoms. The number of allylic oxidation sites excluding steroid dienone is 16. The Morgan fingerprint density at radius 1 is 0.465 bits per heavy atom. The average Bonchev–Trinajstić information content (AvgIpc) is 1.01. The van der Waals surface area contributed by atoms with Crippen molar-refractivity contribution in [3.63, 3.8) is 0 Å². The number of carbonyl (C=O) groups excluding carboxylic acids is 5. The van der Waals surface area contributed by atoms with Gasteiger partial charge in [0.15, 0.2) is 31.3 Å². The minimum Gasteiger partial charge on any atom is -0.480 e. The van der Waals surface area contributed by atoms with Gasteiger partial charge in [0.25, 0.3) is 0 Å². The molecule has 0 aromatic rings. The molecule has 0 radical (unpaired) electrons. The Morgan fingerprint density at radius 3 is 1.50 bits per heavy atom. The molecule has 14 N–H and O–H groups in total. The molecule has 38 heteroatoms. The number of alkyl carbamates (subject to hydrolysis) is 2. The quantitative estimate of drug-likeness (QED) is 0.0185. The fraction of sp³-hybridized carbons (Fsp3) is 0.758. The topological polar surface area (TPSA) is 512 Å². The van der Waals surface area contributed by atoms with Crippen LogP contribution in [0.1, 0.15) is 176 Å². The number of nitrogens with zero attached hydrogens (tertiary/aromatic N) is 1. The van der Waals surface area contributed by atoms with E-state index < -0.39 is 177 Å². The predicted molar refractivity (Wildman–Crippen MR) is 481 cm³/mol. The van der Waals surface area contributed by atoms with E-state index in [0.29, 0.717) is 38.6 Å². The summed E-state index contributed by atoms with van der Waals surface area (Å²) in [6.07, 6.45) is 26.0. The third-order valence-electron chi connectivity index (χ3n) is 20.8. The highest BCUT2D eigenvalue weighted by atomic mass is 32.2. The normalized spacial score (nSPS) is 27.7. The first-order valence-corrected chi connectivity index (χ1v) is 45.6. The van der Waals surface area contributed by atoms with E-state index in [9.17, 15) is 84.9 Å². The zero-order valence-corrected chi connectivity index (χ0v) is 75.6. The number of aliphatic hydroxyl groups is 10. The number of carboxylic acids is 1. The number of hydrogen-bond donors (Lipinski definition) is 14. The monoisotopic (exact) mass is 1870 g/mol. The predicted octanol–water partition coefficient (Wildman–Crippen LogP) is 6.13. The van der Waals surface area contributed by atoms with Gasteiger partial charge in [-0.25, -0.2) is 14.4 Å². The van der Waals surface area contributed by atoms with E-state index in [4.69, 9.17) is 75.8 Å². The van der Waals surface area contributed by atoms with Gasteiger partial charge in [-0.3, -0.25) is 19.3 Å².